The molecule has 0 spiro atoms. The number of carbonyl (C=O) groups excluding carboxylic acids is 1. The van der Waals surface area contributed by atoms with E-state index in [0.29, 0.717) is 5.82 Å². The Labute approximate surface area is 71.6 Å². The summed E-state index contributed by atoms with van der Waals surface area (Å²) in [5.41, 5.74) is 0. The smallest absolute Gasteiger partial charge is 0.202 e. The molecule has 0 aromatic carbocycles. The topological polar surface area (TPSA) is 47.8 Å². The maximum Gasteiger partial charge on any atom is 0.202 e. The number of hydrogen-bond acceptors (Lipinski definition) is 3. The van der Waals surface area contributed by atoms with Crippen LogP contribution in [0.15, 0.2) is 6.33 Å². The van der Waals surface area contributed by atoms with Crippen LogP contribution in [0.5, 0.6) is 0 Å². The quantitative estimate of drug-likeness (QED) is 0.632. The zero-order chi connectivity index (χ0) is 9.14. The second-order valence-corrected chi connectivity index (χ2v) is 2.94. The van der Waals surface area contributed by atoms with Gasteiger partial charge >= 0.3 is 0 Å². The molecule has 1 heterocycles. The van der Waals surface area contributed by atoms with E-state index >= 15 is 0 Å². The molecule has 4 nitrogen and oxygen atoms in total. The monoisotopic (exact) mass is 167 g/mol. The van der Waals surface area contributed by atoms with Gasteiger partial charge in [0.2, 0.25) is 5.78 Å². The first-order chi connectivity index (χ1) is 5.66. The number of aryl methyl sites for hydroxylation is 1. The van der Waals surface area contributed by atoms with Crippen molar-refractivity contribution in [2.24, 2.45) is 13.0 Å². The molecule has 0 bridgehead atoms. The van der Waals surface area contributed by atoms with Gasteiger partial charge in [0.25, 0.3) is 0 Å². The Morgan fingerprint density at radius 3 is 2.83 bits per heavy atom. The Hall–Kier alpha value is -1.19. The Kier molecular flexibility index (Phi) is 2.58. The van der Waals surface area contributed by atoms with E-state index in [4.69, 9.17) is 0 Å². The first kappa shape index (κ1) is 8.90. The third kappa shape index (κ3) is 1.52. The van der Waals surface area contributed by atoms with Crippen LogP contribution in [0, 0.1) is 5.92 Å². The number of aromatic nitrogens is 3. The zero-order valence-corrected chi connectivity index (χ0v) is 7.61. The van der Waals surface area contributed by atoms with Crippen molar-refractivity contribution in [2.75, 3.05) is 0 Å². The van der Waals surface area contributed by atoms with Crippen molar-refractivity contribution >= 4 is 5.78 Å². The van der Waals surface area contributed by atoms with Crippen LogP contribution in [0.3, 0.4) is 0 Å². The highest BCUT2D eigenvalue weighted by molar-refractivity contribution is 5.94. The second-order valence-electron chi connectivity index (χ2n) is 2.94. The van der Waals surface area contributed by atoms with E-state index in [2.05, 4.69) is 10.2 Å². The predicted molar refractivity (Wildman–Crippen MR) is 44.8 cm³/mol. The van der Waals surface area contributed by atoms with Crippen molar-refractivity contribution in [1.29, 1.82) is 0 Å². The summed E-state index contributed by atoms with van der Waals surface area (Å²) in [6, 6.07) is 0. The standard InChI is InChI=1S/C8H13N3O/c1-4-6(2)7(12)8-10-9-5-11(8)3/h5-6H,4H2,1-3H3. The van der Waals surface area contributed by atoms with Gasteiger partial charge in [0, 0.05) is 13.0 Å². The summed E-state index contributed by atoms with van der Waals surface area (Å²) >= 11 is 0. The maximum absolute atomic E-state index is 11.5. The summed E-state index contributed by atoms with van der Waals surface area (Å²) in [6.45, 7) is 3.88. The number of ketones is 1. The summed E-state index contributed by atoms with van der Waals surface area (Å²) in [4.78, 5) is 11.5. The summed E-state index contributed by atoms with van der Waals surface area (Å²) in [5, 5.41) is 7.40. The minimum absolute atomic E-state index is 0.0351. The van der Waals surface area contributed by atoms with Crippen LogP contribution < -0.4 is 0 Å². The van der Waals surface area contributed by atoms with E-state index in [1.54, 1.807) is 11.6 Å². The van der Waals surface area contributed by atoms with Gasteiger partial charge in [0.1, 0.15) is 6.33 Å². The molecule has 0 fully saturated rings. The molecule has 1 unspecified atom stereocenters. The molecule has 0 aliphatic carbocycles. The van der Waals surface area contributed by atoms with E-state index in [0.717, 1.165) is 6.42 Å². The van der Waals surface area contributed by atoms with Gasteiger partial charge in [-0.05, 0) is 6.42 Å². The Morgan fingerprint density at radius 1 is 1.75 bits per heavy atom. The third-order valence-corrected chi connectivity index (χ3v) is 1.99. The van der Waals surface area contributed by atoms with Crippen LogP contribution in [-0.4, -0.2) is 20.5 Å². The van der Waals surface area contributed by atoms with Gasteiger partial charge in [0.15, 0.2) is 5.82 Å². The highest BCUT2D eigenvalue weighted by atomic mass is 16.1. The normalized spacial score (nSPS) is 12.9. The van der Waals surface area contributed by atoms with Crippen LogP contribution in [0.1, 0.15) is 30.9 Å². The molecule has 1 rings (SSSR count). The fourth-order valence-electron chi connectivity index (χ4n) is 0.912. The number of rotatable bonds is 3. The fraction of sp³-hybridized carbons (Fsp3) is 0.625. The van der Waals surface area contributed by atoms with Crippen LogP contribution in [0.25, 0.3) is 0 Å². The van der Waals surface area contributed by atoms with Crippen LogP contribution in [0.2, 0.25) is 0 Å². The largest absolute Gasteiger partial charge is 0.314 e. The Morgan fingerprint density at radius 2 is 2.42 bits per heavy atom. The molecule has 0 aliphatic heterocycles. The van der Waals surface area contributed by atoms with Gasteiger partial charge in [-0.1, -0.05) is 13.8 Å². The van der Waals surface area contributed by atoms with Crippen molar-refractivity contribution in [3.63, 3.8) is 0 Å². The number of hydrogen-bond donors (Lipinski definition) is 0. The molecule has 4 heteroatoms. The maximum atomic E-state index is 11.5. The SMILES string of the molecule is CCC(C)C(=O)c1nncn1C. The lowest BCUT2D eigenvalue weighted by Crippen LogP contribution is -2.15. The molecule has 1 aromatic rings. The lowest BCUT2D eigenvalue weighted by Gasteiger charge is -2.04. The summed E-state index contributed by atoms with van der Waals surface area (Å²) < 4.78 is 1.65. The number of carbonyl (C=O) groups is 1. The highest BCUT2D eigenvalue weighted by Gasteiger charge is 2.17. The van der Waals surface area contributed by atoms with Crippen molar-refractivity contribution in [3.05, 3.63) is 12.2 Å². The Balaban J connectivity index is 2.85. The number of nitrogens with zero attached hydrogens (tertiary/aromatic N) is 3. The van der Waals surface area contributed by atoms with Gasteiger partial charge < -0.3 is 4.57 Å². The van der Waals surface area contributed by atoms with Gasteiger partial charge in [-0.2, -0.15) is 0 Å². The van der Waals surface area contributed by atoms with Crippen LogP contribution >= 0.6 is 0 Å². The predicted octanol–water partition coefficient (Wildman–Crippen LogP) is 1.04. The molecule has 0 aliphatic rings. The first-order valence-electron chi connectivity index (χ1n) is 4.05. The van der Waals surface area contributed by atoms with Crippen molar-refractivity contribution < 1.29 is 4.79 Å². The van der Waals surface area contributed by atoms with Gasteiger partial charge in [-0.15, -0.1) is 10.2 Å². The summed E-state index contributed by atoms with van der Waals surface area (Å²) in [5.74, 6) is 0.551. The van der Waals surface area contributed by atoms with Gasteiger partial charge in [-0.25, -0.2) is 0 Å². The molecule has 0 saturated heterocycles. The molecule has 66 valence electrons. The molecule has 1 aromatic heterocycles. The average molecular weight is 167 g/mol. The van der Waals surface area contributed by atoms with E-state index in [1.807, 2.05) is 13.8 Å². The third-order valence-electron chi connectivity index (χ3n) is 1.99. The number of Topliss-reactive ketones (excluding diaryl/α,β-unsaturated/α-hetero) is 1. The molecular weight excluding hydrogens is 154 g/mol. The van der Waals surface area contributed by atoms with Crippen LogP contribution in [-0.2, 0) is 7.05 Å². The van der Waals surface area contributed by atoms with E-state index in [-0.39, 0.29) is 11.7 Å². The molecule has 0 radical (unpaired) electrons. The van der Waals surface area contributed by atoms with Crippen molar-refractivity contribution in [3.8, 4) is 0 Å². The second kappa shape index (κ2) is 3.47. The molecule has 0 N–H and O–H groups in total. The molecule has 12 heavy (non-hydrogen) atoms. The minimum atomic E-state index is 0.0351. The summed E-state index contributed by atoms with van der Waals surface area (Å²) in [6.07, 6.45) is 2.38. The average Bonchev–Trinajstić information content (AvgIpc) is 2.48. The van der Waals surface area contributed by atoms with Gasteiger partial charge in [0.05, 0.1) is 0 Å². The highest BCUT2D eigenvalue weighted by Crippen LogP contribution is 2.08. The van der Waals surface area contributed by atoms with Gasteiger partial charge in [-0.3, -0.25) is 4.79 Å². The molecule has 0 amide bonds. The lowest BCUT2D eigenvalue weighted by atomic mass is 10.0. The lowest BCUT2D eigenvalue weighted by molar-refractivity contribution is 0.0913. The van der Waals surface area contributed by atoms with Crippen molar-refractivity contribution in [2.45, 2.75) is 20.3 Å². The molecule has 1 atom stereocenters. The fourth-order valence-corrected chi connectivity index (χ4v) is 0.912. The first-order valence-corrected chi connectivity index (χ1v) is 4.05. The zero-order valence-electron chi connectivity index (χ0n) is 7.61. The van der Waals surface area contributed by atoms with E-state index in [9.17, 15) is 4.79 Å². The summed E-state index contributed by atoms with van der Waals surface area (Å²) in [7, 11) is 1.77. The molecular formula is C8H13N3O. The van der Waals surface area contributed by atoms with E-state index in [1.165, 1.54) is 6.33 Å². The van der Waals surface area contributed by atoms with E-state index < -0.39 is 0 Å². The van der Waals surface area contributed by atoms with Crippen molar-refractivity contribution in [1.82, 2.24) is 14.8 Å². The van der Waals surface area contributed by atoms with Crippen LogP contribution in [0.4, 0.5) is 0 Å². The Bertz CT molecular complexity index is 280. The minimum Gasteiger partial charge on any atom is -0.314 e. The molecule has 0 saturated carbocycles.